The van der Waals surface area contributed by atoms with Crippen molar-refractivity contribution in [2.24, 2.45) is 5.73 Å². The summed E-state index contributed by atoms with van der Waals surface area (Å²) in [6.07, 6.45) is -1.38. The Bertz CT molecular complexity index is 1350. The van der Waals surface area contributed by atoms with Crippen LogP contribution < -0.4 is 32.7 Å². The van der Waals surface area contributed by atoms with Gasteiger partial charge >= 0.3 is 11.9 Å². The van der Waals surface area contributed by atoms with Crippen molar-refractivity contribution in [3.05, 3.63) is 29.8 Å². The van der Waals surface area contributed by atoms with Gasteiger partial charge in [-0.15, -0.1) is 0 Å². The lowest BCUT2D eigenvalue weighted by molar-refractivity contribution is -0.142. The maximum Gasteiger partial charge on any atom is 0.326 e. The number of nitrogens with one attached hydrogen (secondary N) is 4. The maximum atomic E-state index is 12.8. The van der Waals surface area contributed by atoms with Gasteiger partial charge < -0.3 is 42.9 Å². The number of primary amides is 1. The second-order valence-corrected chi connectivity index (χ2v) is 11.8. The molecule has 0 spiro atoms. The first-order valence-electron chi connectivity index (χ1n) is 14.2. The topological polar surface area (TPSA) is 314 Å². The second kappa shape index (κ2) is 19.6. The first kappa shape index (κ1) is 39.2. The summed E-state index contributed by atoms with van der Waals surface area (Å²) in [6, 6.07) is 1.92. The van der Waals surface area contributed by atoms with Gasteiger partial charge in [0.05, 0.1) is 5.75 Å². The molecular weight excluding hydrogens is 632 g/mol. The van der Waals surface area contributed by atoms with Gasteiger partial charge in [-0.1, -0.05) is 0 Å². The van der Waals surface area contributed by atoms with Crippen molar-refractivity contribution in [3.63, 3.8) is 0 Å². The SMILES string of the molecule is NC(=O)C(CCCCNC(=O)c1ccc(N)cc1)NC(=O)CCC(NC(=O)C(CCS(=O)(=O)O)NC(=O)CCCC(=O)O)C(=O)O. The van der Waals surface area contributed by atoms with Crippen molar-refractivity contribution in [3.8, 4) is 0 Å². The number of carbonyl (C=O) groups is 7. The van der Waals surface area contributed by atoms with Crippen LogP contribution in [0.15, 0.2) is 24.3 Å². The molecule has 19 heteroatoms. The summed E-state index contributed by atoms with van der Waals surface area (Å²) in [7, 11) is -4.57. The van der Waals surface area contributed by atoms with E-state index in [2.05, 4.69) is 21.3 Å². The highest BCUT2D eigenvalue weighted by molar-refractivity contribution is 7.85. The molecule has 18 nitrogen and oxygen atoms in total. The van der Waals surface area contributed by atoms with E-state index in [1.165, 1.54) is 0 Å². The van der Waals surface area contributed by atoms with Crippen LogP contribution in [0.25, 0.3) is 0 Å². The average molecular weight is 673 g/mol. The molecule has 0 bridgehead atoms. The highest BCUT2D eigenvalue weighted by Gasteiger charge is 2.28. The fourth-order valence-electron chi connectivity index (χ4n) is 3.97. The Morgan fingerprint density at radius 1 is 0.739 bits per heavy atom. The summed E-state index contributed by atoms with van der Waals surface area (Å²) in [5.74, 6) is -7.53. The normalized spacial score (nSPS) is 13.0. The maximum absolute atomic E-state index is 12.8. The van der Waals surface area contributed by atoms with Crippen molar-refractivity contribution in [2.45, 2.75) is 75.9 Å². The summed E-state index contributed by atoms with van der Waals surface area (Å²) >= 11 is 0. The van der Waals surface area contributed by atoms with Crippen LogP contribution in [-0.2, 0) is 38.9 Å². The van der Waals surface area contributed by atoms with E-state index >= 15 is 0 Å². The first-order valence-corrected chi connectivity index (χ1v) is 15.8. The van der Waals surface area contributed by atoms with Gasteiger partial charge in [0.15, 0.2) is 0 Å². The molecule has 0 aromatic heterocycles. The Balaban J connectivity index is 2.65. The van der Waals surface area contributed by atoms with E-state index in [9.17, 15) is 47.1 Å². The van der Waals surface area contributed by atoms with E-state index in [0.717, 1.165) is 0 Å². The Labute approximate surface area is 264 Å². The summed E-state index contributed by atoms with van der Waals surface area (Å²) in [6.45, 7) is 0.274. The molecule has 0 saturated carbocycles. The van der Waals surface area contributed by atoms with Crippen molar-refractivity contribution in [1.82, 2.24) is 21.3 Å². The standard InChI is InChI=1S/C27H40N6O12S/c28-17-9-7-16(8-10-17)25(39)30-14-2-1-4-18(24(29)38)31-22(35)12-11-20(27(41)42)33-26(40)19(13-15-46(43,44)45)32-21(34)5-3-6-23(36)37/h7-10,18-20H,1-6,11-15,28H2,(H2,29,38)(H,30,39)(H,31,35)(H,32,34)(H,33,40)(H,36,37)(H,41,42)(H,43,44,45). The lowest BCUT2D eigenvalue weighted by Crippen LogP contribution is -2.52. The minimum atomic E-state index is -4.57. The third-order valence-corrected chi connectivity index (χ3v) is 7.19. The molecule has 3 atom stereocenters. The number of aliphatic carboxylic acids is 2. The third-order valence-electron chi connectivity index (χ3n) is 6.44. The van der Waals surface area contributed by atoms with Crippen molar-refractivity contribution in [2.75, 3.05) is 18.0 Å². The number of carboxylic acids is 2. The molecule has 3 unspecified atom stereocenters. The minimum absolute atomic E-state index is 0.0892. The summed E-state index contributed by atoms with van der Waals surface area (Å²) in [5, 5.41) is 27.6. The van der Waals surface area contributed by atoms with Gasteiger partial charge in [0.2, 0.25) is 23.6 Å². The zero-order valence-electron chi connectivity index (χ0n) is 24.9. The fourth-order valence-corrected chi connectivity index (χ4v) is 4.50. The molecule has 256 valence electrons. The van der Waals surface area contributed by atoms with Gasteiger partial charge in [-0.25, -0.2) is 4.79 Å². The van der Waals surface area contributed by atoms with E-state index in [4.69, 9.17) is 21.1 Å². The van der Waals surface area contributed by atoms with Crippen LogP contribution in [0.1, 0.15) is 68.1 Å². The highest BCUT2D eigenvalue weighted by Crippen LogP contribution is 2.08. The number of hydrogen-bond acceptors (Lipinski definition) is 10. The zero-order valence-corrected chi connectivity index (χ0v) is 25.7. The van der Waals surface area contributed by atoms with Crippen molar-refractivity contribution < 1.29 is 56.7 Å². The third kappa shape index (κ3) is 16.9. The number of nitrogens with two attached hydrogens (primary N) is 2. The molecule has 5 amide bonds. The van der Waals surface area contributed by atoms with E-state index in [-0.39, 0.29) is 38.1 Å². The van der Waals surface area contributed by atoms with Crippen LogP contribution in [-0.4, -0.2) is 95.1 Å². The number of carbonyl (C=O) groups excluding carboxylic acids is 5. The van der Waals surface area contributed by atoms with Crippen LogP contribution in [0.3, 0.4) is 0 Å². The lowest BCUT2D eigenvalue weighted by Gasteiger charge is -2.21. The molecule has 11 N–H and O–H groups in total. The quantitative estimate of drug-likeness (QED) is 0.0385. The van der Waals surface area contributed by atoms with Crippen LogP contribution in [0, 0.1) is 0 Å². The lowest BCUT2D eigenvalue weighted by atomic mass is 10.1. The van der Waals surface area contributed by atoms with E-state index < -0.39 is 88.8 Å². The van der Waals surface area contributed by atoms with E-state index in [1.807, 2.05) is 0 Å². The molecule has 0 fully saturated rings. The highest BCUT2D eigenvalue weighted by atomic mass is 32.2. The van der Waals surface area contributed by atoms with E-state index in [0.29, 0.717) is 24.1 Å². The molecule has 0 aliphatic rings. The van der Waals surface area contributed by atoms with Gasteiger partial charge in [0, 0.05) is 37.1 Å². The number of unbranched alkanes of at least 4 members (excludes halogenated alkanes) is 1. The first-order chi connectivity index (χ1) is 21.5. The summed E-state index contributed by atoms with van der Waals surface area (Å²) < 4.78 is 31.4. The summed E-state index contributed by atoms with van der Waals surface area (Å²) in [5.41, 5.74) is 11.9. The predicted octanol–water partition coefficient (Wildman–Crippen LogP) is -1.49. The zero-order chi connectivity index (χ0) is 34.9. The Kier molecular flexibility index (Phi) is 16.7. The smallest absolute Gasteiger partial charge is 0.326 e. The van der Waals surface area contributed by atoms with Crippen LogP contribution in [0.4, 0.5) is 5.69 Å². The number of anilines is 1. The van der Waals surface area contributed by atoms with Gasteiger partial charge in [-0.05, 0) is 62.8 Å². The largest absolute Gasteiger partial charge is 0.481 e. The molecule has 1 rings (SSSR count). The van der Waals surface area contributed by atoms with E-state index in [1.54, 1.807) is 24.3 Å². The second-order valence-electron chi connectivity index (χ2n) is 10.3. The Morgan fingerprint density at radius 3 is 1.91 bits per heavy atom. The number of hydrogen-bond donors (Lipinski definition) is 9. The molecule has 1 aromatic rings. The molecule has 0 aliphatic heterocycles. The molecule has 46 heavy (non-hydrogen) atoms. The van der Waals surface area contributed by atoms with Crippen LogP contribution in [0.5, 0.6) is 0 Å². The number of nitrogen functional groups attached to an aromatic ring is 1. The van der Waals surface area contributed by atoms with Gasteiger partial charge in [-0.3, -0.25) is 33.3 Å². The van der Waals surface area contributed by atoms with Gasteiger partial charge in [0.1, 0.15) is 18.1 Å². The Morgan fingerprint density at radius 2 is 1.35 bits per heavy atom. The minimum Gasteiger partial charge on any atom is -0.481 e. The molecular formula is C27H40N6O12S. The van der Waals surface area contributed by atoms with Crippen LogP contribution in [0.2, 0.25) is 0 Å². The van der Waals surface area contributed by atoms with Crippen molar-refractivity contribution >= 4 is 57.3 Å². The van der Waals surface area contributed by atoms with Crippen molar-refractivity contribution in [1.29, 1.82) is 0 Å². The molecule has 0 heterocycles. The monoisotopic (exact) mass is 672 g/mol. The average Bonchev–Trinajstić information content (AvgIpc) is 2.95. The van der Waals surface area contributed by atoms with Gasteiger partial charge in [0.25, 0.3) is 16.0 Å². The number of amides is 5. The number of benzene rings is 1. The predicted molar refractivity (Wildman–Crippen MR) is 161 cm³/mol. The molecule has 0 aliphatic carbocycles. The molecule has 0 radical (unpaired) electrons. The number of rotatable bonds is 22. The Hall–Kier alpha value is -4.78. The van der Waals surface area contributed by atoms with Crippen LogP contribution >= 0.6 is 0 Å². The summed E-state index contributed by atoms with van der Waals surface area (Å²) in [4.78, 5) is 83.8. The number of carboxylic acid groups (broad SMARTS) is 2. The van der Waals surface area contributed by atoms with Gasteiger partial charge in [-0.2, -0.15) is 8.42 Å². The fraction of sp³-hybridized carbons (Fsp3) is 0.519. The molecule has 1 aromatic carbocycles. The molecule has 0 saturated heterocycles.